The van der Waals surface area contributed by atoms with Gasteiger partial charge in [-0.1, -0.05) is 0 Å². The van der Waals surface area contributed by atoms with Crippen LogP contribution in [-0.2, 0) is 14.3 Å². The molecular weight excluding hydrogens is 346 g/mol. The number of esters is 1. The van der Waals surface area contributed by atoms with Crippen molar-refractivity contribution in [3.63, 3.8) is 0 Å². The molecular formula is C17H23NO6S. The van der Waals surface area contributed by atoms with E-state index in [1.807, 2.05) is 0 Å². The Hall–Kier alpha value is -2.09. The topological polar surface area (TPSA) is 74.3 Å². The molecule has 1 aromatic carbocycles. The minimum atomic E-state index is -0.421. The number of amides is 1. The predicted octanol–water partition coefficient (Wildman–Crippen LogP) is 2.24. The van der Waals surface area contributed by atoms with Gasteiger partial charge in [-0.15, -0.1) is 11.8 Å². The molecule has 7 nitrogen and oxygen atoms in total. The van der Waals surface area contributed by atoms with Gasteiger partial charge in [0.15, 0.2) is 11.5 Å². The third-order valence-electron chi connectivity index (χ3n) is 3.77. The van der Waals surface area contributed by atoms with Crippen LogP contribution in [0.2, 0.25) is 0 Å². The van der Waals surface area contributed by atoms with Crippen LogP contribution >= 0.6 is 11.8 Å². The van der Waals surface area contributed by atoms with Crippen molar-refractivity contribution >= 4 is 23.6 Å². The number of carbonyl (C=O) groups excluding carboxylic acids is 2. The maximum atomic E-state index is 12.4. The molecule has 25 heavy (non-hydrogen) atoms. The van der Waals surface area contributed by atoms with Crippen molar-refractivity contribution in [1.29, 1.82) is 0 Å². The lowest BCUT2D eigenvalue weighted by atomic mass is 10.1. The fourth-order valence-electron chi connectivity index (χ4n) is 2.66. The summed E-state index contributed by atoms with van der Waals surface area (Å²) in [5.74, 6) is 1.68. The van der Waals surface area contributed by atoms with Gasteiger partial charge in [0.05, 0.1) is 27.9 Å². The summed E-state index contributed by atoms with van der Waals surface area (Å²) in [5, 5.41) is -0.320. The molecule has 0 N–H and O–H groups in total. The van der Waals surface area contributed by atoms with Gasteiger partial charge in [0.2, 0.25) is 11.7 Å². The van der Waals surface area contributed by atoms with Gasteiger partial charge in [0.1, 0.15) is 11.9 Å². The highest BCUT2D eigenvalue weighted by molar-refractivity contribution is 7.99. The average Bonchev–Trinajstić information content (AvgIpc) is 2.62. The molecule has 0 spiro atoms. The van der Waals surface area contributed by atoms with E-state index >= 15 is 0 Å². The standard InChI is InChI=1S/C17H23NO6S/c1-5-24-15(20)10-18-14(19)6-7-25-17(18)11-8-12(21-2)16(23-4)13(9-11)22-3/h8-9,17H,5-7,10H2,1-4H3. The molecule has 1 amide bonds. The minimum absolute atomic E-state index is 0.0782. The number of hydrogen-bond donors (Lipinski definition) is 0. The molecule has 1 aliphatic heterocycles. The Morgan fingerprint density at radius 3 is 2.36 bits per heavy atom. The molecule has 1 saturated heterocycles. The lowest BCUT2D eigenvalue weighted by Gasteiger charge is -2.35. The normalized spacial score (nSPS) is 17.2. The summed E-state index contributed by atoms with van der Waals surface area (Å²) in [4.78, 5) is 25.8. The minimum Gasteiger partial charge on any atom is -0.493 e. The molecule has 0 aromatic heterocycles. The van der Waals surface area contributed by atoms with E-state index in [1.54, 1.807) is 30.8 Å². The Morgan fingerprint density at radius 1 is 1.20 bits per heavy atom. The number of carbonyl (C=O) groups is 2. The Balaban J connectivity index is 2.38. The van der Waals surface area contributed by atoms with Crippen LogP contribution in [0.1, 0.15) is 24.3 Å². The van der Waals surface area contributed by atoms with Gasteiger partial charge >= 0.3 is 5.97 Å². The van der Waals surface area contributed by atoms with Crippen molar-refractivity contribution in [3.05, 3.63) is 17.7 Å². The maximum absolute atomic E-state index is 12.4. The van der Waals surface area contributed by atoms with Crippen LogP contribution < -0.4 is 14.2 Å². The summed E-state index contributed by atoms with van der Waals surface area (Å²) in [6.07, 6.45) is 0.394. The molecule has 0 saturated carbocycles. The van der Waals surface area contributed by atoms with Crippen LogP contribution in [0.25, 0.3) is 0 Å². The summed E-state index contributed by atoms with van der Waals surface area (Å²) in [7, 11) is 4.61. The van der Waals surface area contributed by atoms with Gasteiger partial charge in [-0.3, -0.25) is 9.59 Å². The SMILES string of the molecule is CCOC(=O)CN1C(=O)CCSC1c1cc(OC)c(OC)c(OC)c1. The van der Waals surface area contributed by atoms with Gasteiger partial charge in [0.25, 0.3) is 0 Å². The summed E-state index contributed by atoms with van der Waals surface area (Å²) < 4.78 is 21.1. The molecule has 0 bridgehead atoms. The maximum Gasteiger partial charge on any atom is 0.325 e. The highest BCUT2D eigenvalue weighted by Gasteiger charge is 2.33. The number of hydrogen-bond acceptors (Lipinski definition) is 7. The van der Waals surface area contributed by atoms with Gasteiger partial charge < -0.3 is 23.8 Å². The average molecular weight is 369 g/mol. The molecule has 2 rings (SSSR count). The van der Waals surface area contributed by atoms with Gasteiger partial charge in [-0.25, -0.2) is 0 Å². The number of methoxy groups -OCH3 is 3. The Morgan fingerprint density at radius 2 is 1.84 bits per heavy atom. The van der Waals surface area contributed by atoms with E-state index in [1.165, 1.54) is 26.2 Å². The first kappa shape index (κ1) is 19.2. The van der Waals surface area contributed by atoms with E-state index in [9.17, 15) is 9.59 Å². The fraction of sp³-hybridized carbons (Fsp3) is 0.529. The van der Waals surface area contributed by atoms with Crippen LogP contribution in [0, 0.1) is 0 Å². The second kappa shape index (κ2) is 8.84. The molecule has 0 aliphatic carbocycles. The van der Waals surface area contributed by atoms with Crippen molar-refractivity contribution < 1.29 is 28.5 Å². The van der Waals surface area contributed by atoms with E-state index in [0.29, 0.717) is 29.4 Å². The highest BCUT2D eigenvalue weighted by Crippen LogP contribution is 2.44. The third kappa shape index (κ3) is 4.31. The summed E-state index contributed by atoms with van der Waals surface area (Å²) in [6.45, 7) is 1.94. The zero-order valence-electron chi connectivity index (χ0n) is 14.9. The lowest BCUT2D eigenvalue weighted by Crippen LogP contribution is -2.41. The molecule has 1 fully saturated rings. The summed E-state index contributed by atoms with van der Waals surface area (Å²) in [5.41, 5.74) is 0.803. The quantitative estimate of drug-likeness (QED) is 0.682. The molecule has 138 valence electrons. The predicted molar refractivity (Wildman–Crippen MR) is 94.3 cm³/mol. The van der Waals surface area contributed by atoms with Crippen molar-refractivity contribution in [2.24, 2.45) is 0 Å². The highest BCUT2D eigenvalue weighted by atomic mass is 32.2. The smallest absolute Gasteiger partial charge is 0.325 e. The second-order valence-corrected chi connectivity index (χ2v) is 6.45. The molecule has 1 unspecified atom stereocenters. The van der Waals surface area contributed by atoms with Gasteiger partial charge in [0, 0.05) is 12.2 Å². The fourth-order valence-corrected chi connectivity index (χ4v) is 3.88. The van der Waals surface area contributed by atoms with Crippen LogP contribution in [0.4, 0.5) is 0 Å². The number of nitrogens with zero attached hydrogens (tertiary/aromatic N) is 1. The van der Waals surface area contributed by atoms with E-state index < -0.39 is 5.97 Å². The van der Waals surface area contributed by atoms with Crippen LogP contribution in [0.5, 0.6) is 17.2 Å². The van der Waals surface area contributed by atoms with E-state index in [2.05, 4.69) is 0 Å². The summed E-state index contributed by atoms with van der Waals surface area (Å²) in [6, 6.07) is 3.60. The largest absolute Gasteiger partial charge is 0.493 e. The molecule has 8 heteroatoms. The number of benzene rings is 1. The van der Waals surface area contributed by atoms with Crippen molar-refractivity contribution in [2.75, 3.05) is 40.2 Å². The Bertz CT molecular complexity index is 611. The van der Waals surface area contributed by atoms with Crippen LogP contribution in [0.3, 0.4) is 0 Å². The van der Waals surface area contributed by atoms with Crippen LogP contribution in [0.15, 0.2) is 12.1 Å². The molecule has 1 aromatic rings. The van der Waals surface area contributed by atoms with Crippen molar-refractivity contribution in [1.82, 2.24) is 4.90 Å². The van der Waals surface area contributed by atoms with E-state index in [4.69, 9.17) is 18.9 Å². The van der Waals surface area contributed by atoms with Gasteiger partial charge in [-0.2, -0.15) is 0 Å². The number of ether oxygens (including phenoxy) is 4. The number of thioether (sulfide) groups is 1. The molecule has 1 aliphatic rings. The zero-order valence-corrected chi connectivity index (χ0v) is 15.7. The zero-order chi connectivity index (χ0) is 18.4. The lowest BCUT2D eigenvalue weighted by molar-refractivity contribution is -0.149. The van der Waals surface area contributed by atoms with Gasteiger partial charge in [-0.05, 0) is 24.6 Å². The first-order valence-electron chi connectivity index (χ1n) is 7.92. The van der Waals surface area contributed by atoms with E-state index in [-0.39, 0.29) is 24.4 Å². The van der Waals surface area contributed by atoms with E-state index in [0.717, 1.165) is 5.56 Å². The second-order valence-electron chi connectivity index (χ2n) is 5.26. The Kier molecular flexibility index (Phi) is 6.81. The summed E-state index contributed by atoms with van der Waals surface area (Å²) >= 11 is 1.59. The molecule has 0 radical (unpaired) electrons. The van der Waals surface area contributed by atoms with Crippen molar-refractivity contribution in [3.8, 4) is 17.2 Å². The third-order valence-corrected chi connectivity index (χ3v) is 5.05. The van der Waals surface area contributed by atoms with Crippen LogP contribution in [-0.4, -0.2) is 57.0 Å². The van der Waals surface area contributed by atoms with Crippen molar-refractivity contribution in [2.45, 2.75) is 18.7 Å². The Labute approximate surface area is 151 Å². The number of rotatable bonds is 7. The molecule has 1 atom stereocenters. The first-order valence-corrected chi connectivity index (χ1v) is 8.97. The monoisotopic (exact) mass is 369 g/mol. The first-order chi connectivity index (χ1) is 12.0. The molecule has 1 heterocycles.